The van der Waals surface area contributed by atoms with Crippen molar-refractivity contribution in [3.63, 3.8) is 0 Å². The van der Waals surface area contributed by atoms with Crippen molar-refractivity contribution in [1.29, 1.82) is 5.26 Å². The summed E-state index contributed by atoms with van der Waals surface area (Å²) in [7, 11) is -2.15. The van der Waals surface area contributed by atoms with Crippen molar-refractivity contribution < 1.29 is 17.9 Å². The van der Waals surface area contributed by atoms with E-state index in [9.17, 15) is 13.2 Å². The summed E-state index contributed by atoms with van der Waals surface area (Å²) >= 11 is 0. The highest BCUT2D eigenvalue weighted by Gasteiger charge is 2.09. The molecule has 32 heavy (non-hydrogen) atoms. The quantitative estimate of drug-likeness (QED) is 0.512. The molecule has 8 heteroatoms. The Labute approximate surface area is 187 Å². The monoisotopic (exact) mass is 447 g/mol. The van der Waals surface area contributed by atoms with Crippen LogP contribution in [0.5, 0.6) is 5.75 Å². The van der Waals surface area contributed by atoms with E-state index in [2.05, 4.69) is 16.1 Å². The van der Waals surface area contributed by atoms with Crippen molar-refractivity contribution in [3.8, 4) is 11.8 Å². The fraction of sp³-hybridized carbons (Fsp3) is 0.0833. The van der Waals surface area contributed by atoms with Crippen LogP contribution in [-0.4, -0.2) is 21.4 Å². The Morgan fingerprint density at radius 1 is 1.06 bits per heavy atom. The van der Waals surface area contributed by atoms with E-state index in [1.54, 1.807) is 60.7 Å². The van der Waals surface area contributed by atoms with Crippen LogP contribution in [0.1, 0.15) is 16.7 Å². The summed E-state index contributed by atoms with van der Waals surface area (Å²) in [5, 5.41) is 11.7. The molecule has 162 valence electrons. The van der Waals surface area contributed by atoms with Crippen molar-refractivity contribution in [3.05, 3.63) is 95.6 Å². The molecule has 3 rings (SSSR count). The Morgan fingerprint density at radius 2 is 1.81 bits per heavy atom. The molecule has 1 amide bonds. The van der Waals surface area contributed by atoms with E-state index in [0.717, 1.165) is 5.56 Å². The van der Waals surface area contributed by atoms with E-state index < -0.39 is 10.0 Å². The molecular formula is C24H21N3O4S. The summed E-state index contributed by atoms with van der Waals surface area (Å²) in [6.07, 6.45) is 2.95. The second kappa shape index (κ2) is 10.4. The van der Waals surface area contributed by atoms with Gasteiger partial charge in [-0.25, -0.2) is 13.1 Å². The van der Waals surface area contributed by atoms with Gasteiger partial charge in [0, 0.05) is 17.8 Å². The van der Waals surface area contributed by atoms with Crippen molar-refractivity contribution in [2.75, 3.05) is 12.4 Å². The van der Waals surface area contributed by atoms with Gasteiger partial charge in [0.1, 0.15) is 12.4 Å². The number of ether oxygens (including phenoxy) is 1. The molecule has 0 bridgehead atoms. The predicted molar refractivity (Wildman–Crippen MR) is 122 cm³/mol. The molecule has 0 atom stereocenters. The molecule has 0 aliphatic heterocycles. The van der Waals surface area contributed by atoms with Gasteiger partial charge in [-0.3, -0.25) is 4.79 Å². The van der Waals surface area contributed by atoms with E-state index in [-0.39, 0.29) is 10.8 Å². The van der Waals surface area contributed by atoms with Gasteiger partial charge in [-0.1, -0.05) is 30.3 Å². The Kier molecular flexibility index (Phi) is 7.39. The molecule has 0 saturated heterocycles. The normalized spacial score (nSPS) is 11.1. The first-order chi connectivity index (χ1) is 15.4. The molecule has 0 aromatic heterocycles. The molecule has 0 fully saturated rings. The molecule has 0 aliphatic rings. The van der Waals surface area contributed by atoms with Gasteiger partial charge in [-0.05, 0) is 60.6 Å². The van der Waals surface area contributed by atoms with E-state index in [4.69, 9.17) is 10.00 Å². The smallest absolute Gasteiger partial charge is 0.248 e. The summed E-state index contributed by atoms with van der Waals surface area (Å²) in [6, 6.07) is 22.4. The molecule has 0 spiro atoms. The minimum absolute atomic E-state index is 0.151. The highest BCUT2D eigenvalue weighted by molar-refractivity contribution is 7.89. The molecule has 0 radical (unpaired) electrons. The fourth-order valence-electron chi connectivity index (χ4n) is 2.79. The number of anilines is 1. The number of nitriles is 1. The van der Waals surface area contributed by atoms with Gasteiger partial charge < -0.3 is 10.1 Å². The Bertz CT molecular complexity index is 1280. The SMILES string of the molecule is CNS(=O)(=O)c1ccc(/C=C/C(=O)Nc2cccc(OCc3cccc(C#N)c3)c2)cc1. The summed E-state index contributed by atoms with van der Waals surface area (Å²) in [4.78, 5) is 12.4. The maximum atomic E-state index is 12.2. The highest BCUT2D eigenvalue weighted by atomic mass is 32.2. The summed E-state index contributed by atoms with van der Waals surface area (Å²) in [5.41, 5.74) is 2.69. The minimum Gasteiger partial charge on any atom is -0.489 e. The minimum atomic E-state index is -3.50. The zero-order valence-electron chi connectivity index (χ0n) is 17.3. The topological polar surface area (TPSA) is 108 Å². The molecule has 0 heterocycles. The van der Waals surface area contributed by atoms with Crippen LogP contribution in [0.3, 0.4) is 0 Å². The number of sulfonamides is 1. The zero-order valence-corrected chi connectivity index (χ0v) is 18.1. The second-order valence-corrected chi connectivity index (χ2v) is 8.61. The largest absolute Gasteiger partial charge is 0.489 e. The number of amides is 1. The van der Waals surface area contributed by atoms with Gasteiger partial charge in [0.05, 0.1) is 16.5 Å². The second-order valence-electron chi connectivity index (χ2n) is 6.73. The van der Waals surface area contributed by atoms with Crippen molar-refractivity contribution in [2.24, 2.45) is 0 Å². The van der Waals surface area contributed by atoms with Crippen LogP contribution in [0.15, 0.2) is 83.8 Å². The van der Waals surface area contributed by atoms with E-state index in [1.165, 1.54) is 25.3 Å². The molecule has 0 aliphatic carbocycles. The zero-order chi connectivity index (χ0) is 23.0. The number of rotatable bonds is 8. The average molecular weight is 448 g/mol. The van der Waals surface area contributed by atoms with Gasteiger partial charge in [0.25, 0.3) is 0 Å². The van der Waals surface area contributed by atoms with Crippen LogP contribution in [0.25, 0.3) is 6.08 Å². The van der Waals surface area contributed by atoms with Crippen molar-refractivity contribution >= 4 is 27.7 Å². The molecule has 0 saturated carbocycles. The predicted octanol–water partition coefficient (Wildman–Crippen LogP) is 3.70. The van der Waals surface area contributed by atoms with E-state index in [0.29, 0.717) is 29.2 Å². The molecule has 0 unspecified atom stereocenters. The van der Waals surface area contributed by atoms with Gasteiger partial charge in [0.15, 0.2) is 0 Å². The lowest BCUT2D eigenvalue weighted by Crippen LogP contribution is -2.18. The number of carbonyl (C=O) groups is 1. The first-order valence-electron chi connectivity index (χ1n) is 9.64. The lowest BCUT2D eigenvalue weighted by molar-refractivity contribution is -0.111. The molecule has 3 aromatic carbocycles. The lowest BCUT2D eigenvalue weighted by atomic mass is 10.1. The third-order valence-electron chi connectivity index (χ3n) is 4.45. The highest BCUT2D eigenvalue weighted by Crippen LogP contribution is 2.19. The first-order valence-corrected chi connectivity index (χ1v) is 11.1. The van der Waals surface area contributed by atoms with Crippen LogP contribution in [0.2, 0.25) is 0 Å². The number of benzene rings is 3. The van der Waals surface area contributed by atoms with Crippen LogP contribution in [-0.2, 0) is 21.4 Å². The Hall–Kier alpha value is -3.93. The summed E-state index contributed by atoms with van der Waals surface area (Å²) in [6.45, 7) is 0.298. The molecule has 2 N–H and O–H groups in total. The summed E-state index contributed by atoms with van der Waals surface area (Å²) < 4.78 is 31.5. The van der Waals surface area contributed by atoms with Crippen LogP contribution in [0.4, 0.5) is 5.69 Å². The summed E-state index contributed by atoms with van der Waals surface area (Å²) in [5.74, 6) is 0.242. The standard InChI is InChI=1S/C24H21N3O4S/c1-26-32(29,30)23-11-8-18(9-12-23)10-13-24(28)27-21-6-3-7-22(15-21)31-17-20-5-2-4-19(14-20)16-25/h2-15,26H,17H2,1H3,(H,27,28)/b13-10+. The van der Waals surface area contributed by atoms with Crippen molar-refractivity contribution in [1.82, 2.24) is 4.72 Å². The number of hydrogen-bond donors (Lipinski definition) is 2. The Balaban J connectivity index is 1.59. The number of hydrogen-bond acceptors (Lipinski definition) is 5. The van der Waals surface area contributed by atoms with Crippen molar-refractivity contribution in [2.45, 2.75) is 11.5 Å². The third-order valence-corrected chi connectivity index (χ3v) is 5.88. The number of nitrogens with one attached hydrogen (secondary N) is 2. The van der Waals surface area contributed by atoms with Gasteiger partial charge in [0.2, 0.25) is 15.9 Å². The maximum absolute atomic E-state index is 12.2. The number of carbonyl (C=O) groups excluding carboxylic acids is 1. The fourth-order valence-corrected chi connectivity index (χ4v) is 3.52. The molecule has 7 nitrogen and oxygen atoms in total. The third kappa shape index (κ3) is 6.28. The van der Waals surface area contributed by atoms with Crippen LogP contribution >= 0.6 is 0 Å². The average Bonchev–Trinajstić information content (AvgIpc) is 2.82. The molecule has 3 aromatic rings. The van der Waals surface area contributed by atoms with Gasteiger partial charge in [-0.15, -0.1) is 0 Å². The lowest BCUT2D eigenvalue weighted by Gasteiger charge is -2.09. The van der Waals surface area contributed by atoms with E-state index in [1.807, 2.05) is 6.07 Å². The van der Waals surface area contributed by atoms with E-state index >= 15 is 0 Å². The van der Waals surface area contributed by atoms with Gasteiger partial charge in [-0.2, -0.15) is 5.26 Å². The molecular weight excluding hydrogens is 426 g/mol. The first kappa shape index (κ1) is 22.7. The number of nitrogens with zero attached hydrogens (tertiary/aromatic N) is 1. The Morgan fingerprint density at radius 3 is 2.53 bits per heavy atom. The van der Waals surface area contributed by atoms with Gasteiger partial charge >= 0.3 is 0 Å². The van der Waals surface area contributed by atoms with Crippen LogP contribution < -0.4 is 14.8 Å². The maximum Gasteiger partial charge on any atom is 0.248 e. The van der Waals surface area contributed by atoms with Crippen LogP contribution in [0, 0.1) is 11.3 Å².